The summed E-state index contributed by atoms with van der Waals surface area (Å²) in [7, 11) is -0.822. The van der Waals surface area contributed by atoms with Crippen LogP contribution >= 0.6 is 0 Å². The first kappa shape index (κ1) is 16.2. The van der Waals surface area contributed by atoms with Gasteiger partial charge in [0.25, 0.3) is 6.48 Å². The SMILES string of the molecule is OC(O)O[SiH2]CCCCCCc1ccc(F)c(F)c1. The summed E-state index contributed by atoms with van der Waals surface area (Å²) in [6.07, 6.45) is 4.77. The van der Waals surface area contributed by atoms with E-state index < -0.39 is 27.9 Å². The normalized spacial score (nSPS) is 11.8. The summed E-state index contributed by atoms with van der Waals surface area (Å²) in [5.41, 5.74) is 0.819. The van der Waals surface area contributed by atoms with Crippen molar-refractivity contribution in [3.8, 4) is 0 Å². The number of halogens is 2. The lowest BCUT2D eigenvalue weighted by molar-refractivity contribution is -0.180. The van der Waals surface area contributed by atoms with Gasteiger partial charge in [0, 0.05) is 0 Å². The molecule has 19 heavy (non-hydrogen) atoms. The first-order chi connectivity index (χ1) is 9.09. The molecule has 0 heterocycles. The summed E-state index contributed by atoms with van der Waals surface area (Å²) < 4.78 is 30.3. The van der Waals surface area contributed by atoms with Crippen LogP contribution in [0, 0.1) is 11.6 Å². The van der Waals surface area contributed by atoms with E-state index in [0.29, 0.717) is 0 Å². The smallest absolute Gasteiger partial charge is 0.256 e. The van der Waals surface area contributed by atoms with Crippen LogP contribution in [0.15, 0.2) is 18.2 Å². The minimum Gasteiger partial charge on any atom is -0.379 e. The number of aliphatic hydroxyl groups is 2. The fourth-order valence-electron chi connectivity index (χ4n) is 1.85. The number of benzene rings is 1. The fraction of sp³-hybridized carbons (Fsp3) is 0.538. The summed E-state index contributed by atoms with van der Waals surface area (Å²) in [6.45, 7) is -1.62. The van der Waals surface area contributed by atoms with Gasteiger partial charge >= 0.3 is 0 Å². The molecule has 6 heteroatoms. The summed E-state index contributed by atoms with van der Waals surface area (Å²) >= 11 is 0. The standard InChI is InChI=1S/C13H20F2O3Si/c14-11-7-6-10(9-12(11)15)5-3-1-2-4-8-19-18-13(16)17/h6-7,9,13,16-17H,1-5,8,19H2. The zero-order chi connectivity index (χ0) is 14.1. The Kier molecular flexibility index (Phi) is 7.81. The average Bonchev–Trinajstić information content (AvgIpc) is 2.36. The number of rotatable bonds is 9. The van der Waals surface area contributed by atoms with Gasteiger partial charge in [-0.3, -0.25) is 0 Å². The van der Waals surface area contributed by atoms with E-state index in [1.807, 2.05) is 0 Å². The third kappa shape index (κ3) is 7.37. The second-order valence-electron chi connectivity index (χ2n) is 4.46. The molecule has 1 aromatic rings. The van der Waals surface area contributed by atoms with Gasteiger partial charge in [0.2, 0.25) is 0 Å². The van der Waals surface area contributed by atoms with Crippen molar-refractivity contribution in [2.24, 2.45) is 0 Å². The minimum atomic E-state index is -1.62. The summed E-state index contributed by atoms with van der Waals surface area (Å²) in [6, 6.07) is 4.94. The summed E-state index contributed by atoms with van der Waals surface area (Å²) in [5, 5.41) is 16.9. The van der Waals surface area contributed by atoms with Crippen molar-refractivity contribution in [2.75, 3.05) is 0 Å². The Balaban J connectivity index is 2.03. The largest absolute Gasteiger partial charge is 0.379 e. The highest BCUT2D eigenvalue weighted by atomic mass is 28.2. The Morgan fingerprint density at radius 2 is 1.79 bits per heavy atom. The molecule has 0 saturated heterocycles. The molecule has 0 aliphatic heterocycles. The maximum absolute atomic E-state index is 12.9. The van der Waals surface area contributed by atoms with E-state index in [0.717, 1.165) is 49.8 Å². The van der Waals surface area contributed by atoms with Gasteiger partial charge in [0.05, 0.1) is 0 Å². The van der Waals surface area contributed by atoms with Gasteiger partial charge in [0.1, 0.15) is 0 Å². The monoisotopic (exact) mass is 290 g/mol. The van der Waals surface area contributed by atoms with E-state index in [9.17, 15) is 8.78 Å². The molecule has 0 saturated carbocycles. The topological polar surface area (TPSA) is 49.7 Å². The van der Waals surface area contributed by atoms with E-state index in [1.165, 1.54) is 6.07 Å². The molecule has 0 fully saturated rings. The van der Waals surface area contributed by atoms with Crippen molar-refractivity contribution in [3.63, 3.8) is 0 Å². The van der Waals surface area contributed by atoms with Crippen LogP contribution in [0.2, 0.25) is 6.04 Å². The van der Waals surface area contributed by atoms with Crippen molar-refractivity contribution in [1.82, 2.24) is 0 Å². The number of aryl methyl sites for hydroxylation is 1. The van der Waals surface area contributed by atoms with Crippen molar-refractivity contribution < 1.29 is 23.4 Å². The van der Waals surface area contributed by atoms with Crippen LogP contribution in [-0.2, 0) is 10.8 Å². The Morgan fingerprint density at radius 3 is 2.47 bits per heavy atom. The van der Waals surface area contributed by atoms with Crippen molar-refractivity contribution >= 4 is 9.76 Å². The van der Waals surface area contributed by atoms with E-state index in [1.54, 1.807) is 6.07 Å². The predicted octanol–water partition coefficient (Wildman–Crippen LogP) is 1.85. The predicted molar refractivity (Wildman–Crippen MR) is 71.2 cm³/mol. The van der Waals surface area contributed by atoms with Crippen molar-refractivity contribution in [3.05, 3.63) is 35.4 Å². The van der Waals surface area contributed by atoms with Gasteiger partial charge < -0.3 is 14.6 Å². The first-order valence-electron chi connectivity index (χ1n) is 6.51. The van der Waals surface area contributed by atoms with Gasteiger partial charge in [-0.25, -0.2) is 8.78 Å². The Hall–Kier alpha value is -0.823. The van der Waals surface area contributed by atoms with Crippen molar-refractivity contribution in [1.29, 1.82) is 0 Å². The van der Waals surface area contributed by atoms with E-state index in [4.69, 9.17) is 14.6 Å². The molecule has 1 aromatic carbocycles. The van der Waals surface area contributed by atoms with E-state index in [2.05, 4.69) is 0 Å². The molecule has 1 rings (SSSR count). The van der Waals surface area contributed by atoms with Gasteiger partial charge in [-0.1, -0.05) is 25.3 Å². The number of hydrogen-bond donors (Lipinski definition) is 2. The summed E-state index contributed by atoms with van der Waals surface area (Å²) in [5.74, 6) is -1.59. The van der Waals surface area contributed by atoms with Gasteiger partial charge in [-0.15, -0.1) is 0 Å². The van der Waals surface area contributed by atoms with Crippen LogP contribution in [0.4, 0.5) is 8.78 Å². The lowest BCUT2D eigenvalue weighted by Gasteiger charge is -2.05. The molecule has 0 aliphatic rings. The lowest BCUT2D eigenvalue weighted by Crippen LogP contribution is -2.12. The number of aliphatic hydroxyl groups excluding tert-OH is 1. The molecule has 0 atom stereocenters. The molecule has 0 radical (unpaired) electrons. The Bertz CT molecular complexity index is 375. The van der Waals surface area contributed by atoms with Gasteiger partial charge in [-0.05, 0) is 36.6 Å². The molecule has 0 unspecified atom stereocenters. The lowest BCUT2D eigenvalue weighted by atomic mass is 10.1. The van der Waals surface area contributed by atoms with Crippen LogP contribution in [0.3, 0.4) is 0 Å². The molecule has 0 amide bonds. The fourth-order valence-corrected chi connectivity index (χ4v) is 2.78. The van der Waals surface area contributed by atoms with Crippen molar-refractivity contribution in [2.45, 2.75) is 44.6 Å². The van der Waals surface area contributed by atoms with Crippen LogP contribution in [0.25, 0.3) is 0 Å². The van der Waals surface area contributed by atoms with Gasteiger partial charge in [0.15, 0.2) is 21.4 Å². The highest BCUT2D eigenvalue weighted by molar-refractivity contribution is 6.26. The summed E-state index contributed by atoms with van der Waals surface area (Å²) in [4.78, 5) is 0. The first-order valence-corrected chi connectivity index (χ1v) is 8.09. The minimum absolute atomic E-state index is 0.750. The third-order valence-electron chi connectivity index (χ3n) is 2.86. The van der Waals surface area contributed by atoms with Crippen LogP contribution < -0.4 is 0 Å². The zero-order valence-corrected chi connectivity index (χ0v) is 12.2. The molecule has 2 N–H and O–H groups in total. The number of hydrogen-bond acceptors (Lipinski definition) is 3. The molecule has 3 nitrogen and oxygen atoms in total. The molecule has 0 spiro atoms. The quantitative estimate of drug-likeness (QED) is 0.414. The van der Waals surface area contributed by atoms with Crippen LogP contribution in [0.5, 0.6) is 0 Å². The molecule has 0 bridgehead atoms. The maximum atomic E-state index is 12.9. The highest BCUT2D eigenvalue weighted by Gasteiger charge is 2.02. The Morgan fingerprint density at radius 1 is 1.05 bits per heavy atom. The molecular weight excluding hydrogens is 270 g/mol. The zero-order valence-electron chi connectivity index (χ0n) is 10.8. The molecular formula is C13H20F2O3Si. The second-order valence-corrected chi connectivity index (χ2v) is 5.91. The van der Waals surface area contributed by atoms with Crippen LogP contribution in [-0.4, -0.2) is 26.5 Å². The van der Waals surface area contributed by atoms with E-state index >= 15 is 0 Å². The average molecular weight is 290 g/mol. The van der Waals surface area contributed by atoms with Crippen LogP contribution in [0.1, 0.15) is 31.2 Å². The third-order valence-corrected chi connectivity index (χ3v) is 4.18. The van der Waals surface area contributed by atoms with E-state index in [-0.39, 0.29) is 0 Å². The number of unbranched alkanes of at least 4 members (excludes halogenated alkanes) is 3. The highest BCUT2D eigenvalue weighted by Crippen LogP contribution is 2.12. The maximum Gasteiger partial charge on any atom is 0.256 e. The Labute approximate surface area is 114 Å². The molecule has 0 aliphatic carbocycles. The van der Waals surface area contributed by atoms with Gasteiger partial charge in [-0.2, -0.15) is 0 Å². The molecule has 0 aromatic heterocycles. The second kappa shape index (κ2) is 9.14. The molecule has 108 valence electrons.